The highest BCUT2D eigenvalue weighted by Gasteiger charge is 2.12. The van der Waals surface area contributed by atoms with Gasteiger partial charge in [-0.2, -0.15) is 0 Å². The van der Waals surface area contributed by atoms with Crippen molar-refractivity contribution in [2.45, 2.75) is 0 Å². The van der Waals surface area contributed by atoms with Gasteiger partial charge in [0.15, 0.2) is 11.5 Å². The summed E-state index contributed by atoms with van der Waals surface area (Å²) in [5, 5.41) is 10.5. The van der Waals surface area contributed by atoms with E-state index in [1.807, 2.05) is 6.20 Å². The SMILES string of the molecule is CO/C=C/c1cc(/C=[C]/[N+](=O)[O-])c(OCCOC)c(OC)c1. The first-order valence-electron chi connectivity index (χ1n) is 6.39. The summed E-state index contributed by atoms with van der Waals surface area (Å²) in [5.41, 5.74) is 1.22. The number of methoxy groups -OCH3 is 3. The Morgan fingerprint density at radius 1 is 1.27 bits per heavy atom. The van der Waals surface area contributed by atoms with Crippen molar-refractivity contribution in [3.8, 4) is 11.5 Å². The third-order valence-electron chi connectivity index (χ3n) is 2.58. The van der Waals surface area contributed by atoms with Gasteiger partial charge in [-0.1, -0.05) is 0 Å². The summed E-state index contributed by atoms with van der Waals surface area (Å²) in [7, 11) is 4.57. The molecule has 7 nitrogen and oxygen atoms in total. The normalized spacial score (nSPS) is 11.0. The van der Waals surface area contributed by atoms with Crippen LogP contribution in [0.25, 0.3) is 12.2 Å². The Balaban J connectivity index is 3.23. The van der Waals surface area contributed by atoms with Crippen LogP contribution in [0.3, 0.4) is 0 Å². The third kappa shape index (κ3) is 5.45. The van der Waals surface area contributed by atoms with Crippen molar-refractivity contribution in [2.24, 2.45) is 0 Å². The average molecular weight is 308 g/mol. The van der Waals surface area contributed by atoms with Crippen LogP contribution in [0.2, 0.25) is 0 Å². The molecule has 0 unspecified atom stereocenters. The Bertz CT molecular complexity index is 553. The molecule has 0 aliphatic carbocycles. The van der Waals surface area contributed by atoms with E-state index in [-0.39, 0.29) is 0 Å². The quantitative estimate of drug-likeness (QED) is 0.229. The molecule has 0 aliphatic rings. The summed E-state index contributed by atoms with van der Waals surface area (Å²) < 4.78 is 20.7. The minimum absolute atomic E-state index is 0.291. The van der Waals surface area contributed by atoms with Crippen molar-refractivity contribution in [1.29, 1.82) is 0 Å². The molecule has 22 heavy (non-hydrogen) atoms. The van der Waals surface area contributed by atoms with Gasteiger partial charge in [0.25, 0.3) is 0 Å². The second-order valence-corrected chi connectivity index (χ2v) is 4.05. The van der Waals surface area contributed by atoms with Crippen molar-refractivity contribution in [2.75, 3.05) is 34.5 Å². The van der Waals surface area contributed by atoms with Gasteiger partial charge >= 0.3 is 6.20 Å². The summed E-state index contributed by atoms with van der Waals surface area (Å²) >= 11 is 0. The Hall–Kier alpha value is -2.54. The van der Waals surface area contributed by atoms with Gasteiger partial charge in [0, 0.05) is 18.7 Å². The Kier molecular flexibility index (Phi) is 7.49. The van der Waals surface area contributed by atoms with Gasteiger partial charge < -0.3 is 18.9 Å². The van der Waals surface area contributed by atoms with Gasteiger partial charge in [-0.3, -0.25) is 10.1 Å². The largest absolute Gasteiger partial charge is 0.504 e. The van der Waals surface area contributed by atoms with E-state index < -0.39 is 4.92 Å². The fraction of sp³-hybridized carbons (Fsp3) is 0.333. The van der Waals surface area contributed by atoms with Crippen LogP contribution in [-0.4, -0.2) is 39.5 Å². The van der Waals surface area contributed by atoms with Gasteiger partial charge in [0.2, 0.25) is 0 Å². The van der Waals surface area contributed by atoms with E-state index >= 15 is 0 Å². The highest BCUT2D eigenvalue weighted by atomic mass is 16.6. The van der Waals surface area contributed by atoms with E-state index in [9.17, 15) is 10.1 Å². The zero-order valence-corrected chi connectivity index (χ0v) is 12.7. The fourth-order valence-corrected chi connectivity index (χ4v) is 1.65. The molecule has 0 saturated heterocycles. The van der Waals surface area contributed by atoms with E-state index in [1.54, 1.807) is 25.3 Å². The number of hydrogen-bond donors (Lipinski definition) is 0. The number of hydrogen-bond acceptors (Lipinski definition) is 6. The molecule has 0 heterocycles. The zero-order valence-electron chi connectivity index (χ0n) is 12.7. The fourth-order valence-electron chi connectivity index (χ4n) is 1.65. The Morgan fingerprint density at radius 3 is 2.64 bits per heavy atom. The first-order valence-corrected chi connectivity index (χ1v) is 6.39. The topological polar surface area (TPSA) is 80.1 Å². The molecular formula is C15H18NO6. The molecule has 1 radical (unpaired) electrons. The standard InChI is InChI=1S/C15H18NO6/c1-19-7-5-12-10-13(4-6-16(17)18)15(14(11-12)21-3)22-9-8-20-2/h4-5,7,10-11H,8-9H2,1-3H3/b6-4?,7-5+. The molecule has 7 heteroatoms. The highest BCUT2D eigenvalue weighted by molar-refractivity contribution is 5.67. The number of nitro groups is 1. The molecular weight excluding hydrogens is 290 g/mol. The number of nitrogens with zero attached hydrogens (tertiary/aromatic N) is 1. The van der Waals surface area contributed by atoms with E-state index in [2.05, 4.69) is 0 Å². The van der Waals surface area contributed by atoms with Crippen LogP contribution in [0.4, 0.5) is 0 Å². The maximum atomic E-state index is 10.5. The molecule has 0 aromatic heterocycles. The Labute approximate surface area is 128 Å². The molecule has 0 spiro atoms. The summed E-state index contributed by atoms with van der Waals surface area (Å²) in [5.74, 6) is 0.842. The lowest BCUT2D eigenvalue weighted by Gasteiger charge is -2.14. The monoisotopic (exact) mass is 308 g/mol. The van der Waals surface area contributed by atoms with Gasteiger partial charge in [-0.15, -0.1) is 0 Å². The highest BCUT2D eigenvalue weighted by Crippen LogP contribution is 2.34. The van der Waals surface area contributed by atoms with Crippen LogP contribution in [0.15, 0.2) is 18.4 Å². The third-order valence-corrected chi connectivity index (χ3v) is 2.58. The van der Waals surface area contributed by atoms with E-state index in [1.165, 1.54) is 26.6 Å². The predicted octanol–water partition coefficient (Wildman–Crippen LogP) is 2.39. The lowest BCUT2D eigenvalue weighted by atomic mass is 10.1. The molecule has 1 rings (SSSR count). The first kappa shape index (κ1) is 17.5. The Morgan fingerprint density at radius 2 is 2.05 bits per heavy atom. The van der Waals surface area contributed by atoms with Crippen LogP contribution >= 0.6 is 0 Å². The second-order valence-electron chi connectivity index (χ2n) is 4.05. The van der Waals surface area contributed by atoms with Crippen LogP contribution in [0.5, 0.6) is 11.5 Å². The number of ether oxygens (including phenoxy) is 4. The number of benzene rings is 1. The molecule has 0 saturated carbocycles. The molecule has 119 valence electrons. The minimum atomic E-state index is -0.664. The summed E-state index contributed by atoms with van der Waals surface area (Å²) in [6, 6.07) is 3.44. The maximum Gasteiger partial charge on any atom is 0.346 e. The van der Waals surface area contributed by atoms with Crippen LogP contribution in [0, 0.1) is 16.3 Å². The van der Waals surface area contributed by atoms with E-state index in [4.69, 9.17) is 18.9 Å². The van der Waals surface area contributed by atoms with E-state index in [0.29, 0.717) is 30.3 Å². The molecule has 1 aromatic rings. The van der Waals surface area contributed by atoms with E-state index in [0.717, 1.165) is 5.56 Å². The van der Waals surface area contributed by atoms with Crippen LogP contribution in [-0.2, 0) is 9.47 Å². The molecule has 0 atom stereocenters. The van der Waals surface area contributed by atoms with Crippen molar-refractivity contribution >= 4 is 12.2 Å². The first-order chi connectivity index (χ1) is 10.6. The molecule has 0 aliphatic heterocycles. The lowest BCUT2D eigenvalue weighted by molar-refractivity contribution is -0.417. The van der Waals surface area contributed by atoms with Gasteiger partial charge in [-0.05, 0) is 23.8 Å². The predicted molar refractivity (Wildman–Crippen MR) is 81.1 cm³/mol. The van der Waals surface area contributed by atoms with Crippen molar-refractivity contribution in [3.05, 3.63) is 45.8 Å². The second kappa shape index (κ2) is 9.41. The zero-order chi connectivity index (χ0) is 16.4. The van der Waals surface area contributed by atoms with Gasteiger partial charge in [-0.25, -0.2) is 0 Å². The molecule has 1 aromatic carbocycles. The van der Waals surface area contributed by atoms with Crippen LogP contribution in [0.1, 0.15) is 11.1 Å². The number of rotatable bonds is 9. The summed E-state index contributed by atoms with van der Waals surface area (Å²) in [4.78, 5) is 9.83. The summed E-state index contributed by atoms with van der Waals surface area (Å²) in [6.45, 7) is 0.677. The molecule has 0 fully saturated rings. The van der Waals surface area contributed by atoms with Crippen molar-refractivity contribution in [1.82, 2.24) is 0 Å². The minimum Gasteiger partial charge on any atom is -0.504 e. The van der Waals surface area contributed by atoms with Crippen LogP contribution < -0.4 is 9.47 Å². The molecule has 0 bridgehead atoms. The summed E-state index contributed by atoms with van der Waals surface area (Å²) in [6.07, 6.45) is 6.42. The van der Waals surface area contributed by atoms with Gasteiger partial charge in [0.1, 0.15) is 6.61 Å². The average Bonchev–Trinajstić information content (AvgIpc) is 2.51. The molecule has 0 amide bonds. The molecule has 0 N–H and O–H groups in total. The smallest absolute Gasteiger partial charge is 0.346 e. The lowest BCUT2D eigenvalue weighted by Crippen LogP contribution is -2.06. The van der Waals surface area contributed by atoms with Gasteiger partial charge in [0.05, 0.1) is 32.0 Å². The van der Waals surface area contributed by atoms with Crippen molar-refractivity contribution in [3.63, 3.8) is 0 Å². The maximum absolute atomic E-state index is 10.5. The van der Waals surface area contributed by atoms with Crippen molar-refractivity contribution < 1.29 is 23.9 Å².